The molecule has 0 aromatic heterocycles. The second-order valence-electron chi connectivity index (χ2n) is 2.66. The van der Waals surface area contributed by atoms with Crippen molar-refractivity contribution >= 4 is 39.2 Å². The number of halogens is 2. The number of rotatable bonds is 2. The molecule has 0 heterocycles. The van der Waals surface area contributed by atoms with Crippen molar-refractivity contribution in [2.75, 3.05) is 20.0 Å². The minimum atomic E-state index is -0.543. The Morgan fingerprint density at radius 2 is 2.13 bits per heavy atom. The molecule has 0 atom stereocenters. The van der Waals surface area contributed by atoms with Gasteiger partial charge in [-0.25, -0.2) is 4.79 Å². The summed E-state index contributed by atoms with van der Waals surface area (Å²) in [6.45, 7) is 0. The van der Waals surface area contributed by atoms with Crippen LogP contribution in [0.2, 0.25) is 5.02 Å². The van der Waals surface area contributed by atoms with E-state index in [-0.39, 0.29) is 10.6 Å². The van der Waals surface area contributed by atoms with Gasteiger partial charge in [0.15, 0.2) is 0 Å². The molecule has 0 spiro atoms. The van der Waals surface area contributed by atoms with E-state index >= 15 is 0 Å². The summed E-state index contributed by atoms with van der Waals surface area (Å²) in [5.41, 5.74) is 6.24. The number of hydrogen-bond donors (Lipinski definition) is 1. The molecule has 0 amide bonds. The van der Waals surface area contributed by atoms with E-state index in [2.05, 4.69) is 20.7 Å². The molecule has 1 aromatic rings. The maximum atomic E-state index is 11.3. The van der Waals surface area contributed by atoms with Crippen molar-refractivity contribution in [2.24, 2.45) is 0 Å². The first kappa shape index (κ1) is 12.1. The first-order valence-corrected chi connectivity index (χ1v) is 5.09. The van der Waals surface area contributed by atoms with E-state index in [1.165, 1.54) is 20.3 Å². The van der Waals surface area contributed by atoms with Gasteiger partial charge in [-0.2, -0.15) is 0 Å². The van der Waals surface area contributed by atoms with Crippen molar-refractivity contribution in [2.45, 2.75) is 0 Å². The summed E-state index contributed by atoms with van der Waals surface area (Å²) in [5, 5.41) is 0.208. The lowest BCUT2D eigenvalue weighted by molar-refractivity contribution is 0.0600. The highest BCUT2D eigenvalue weighted by atomic mass is 79.9. The van der Waals surface area contributed by atoms with E-state index in [9.17, 15) is 4.79 Å². The smallest absolute Gasteiger partial charge is 0.339 e. The third-order valence-electron chi connectivity index (χ3n) is 1.83. The van der Waals surface area contributed by atoms with Gasteiger partial charge in [0.1, 0.15) is 5.75 Å². The summed E-state index contributed by atoms with van der Waals surface area (Å²) in [7, 11) is 2.72. The fraction of sp³-hybridized carbons (Fsp3) is 0.222. The Morgan fingerprint density at radius 1 is 1.53 bits per heavy atom. The van der Waals surface area contributed by atoms with Crippen LogP contribution < -0.4 is 10.5 Å². The molecule has 2 N–H and O–H groups in total. The van der Waals surface area contributed by atoms with Gasteiger partial charge in [0.05, 0.1) is 35.0 Å². The molecule has 82 valence electrons. The molecule has 0 aliphatic carbocycles. The van der Waals surface area contributed by atoms with Gasteiger partial charge in [0.2, 0.25) is 0 Å². The molecule has 6 heteroatoms. The number of nitrogens with two attached hydrogens (primary N) is 1. The van der Waals surface area contributed by atoms with Gasteiger partial charge in [-0.15, -0.1) is 0 Å². The van der Waals surface area contributed by atoms with Crippen LogP contribution in [-0.4, -0.2) is 20.2 Å². The average molecular weight is 295 g/mol. The summed E-state index contributed by atoms with van der Waals surface area (Å²) >= 11 is 9.09. The second-order valence-corrected chi connectivity index (χ2v) is 3.83. The highest BCUT2D eigenvalue weighted by molar-refractivity contribution is 9.10. The van der Waals surface area contributed by atoms with Gasteiger partial charge in [0, 0.05) is 0 Å². The van der Waals surface area contributed by atoms with Crippen molar-refractivity contribution in [1.29, 1.82) is 0 Å². The van der Waals surface area contributed by atoms with Crippen LogP contribution in [0.3, 0.4) is 0 Å². The molecule has 4 nitrogen and oxygen atoms in total. The number of methoxy groups -OCH3 is 2. The summed E-state index contributed by atoms with van der Waals surface area (Å²) in [5.74, 6) is -0.175. The molecule has 0 radical (unpaired) electrons. The van der Waals surface area contributed by atoms with Gasteiger partial charge in [-0.3, -0.25) is 0 Å². The van der Waals surface area contributed by atoms with Crippen molar-refractivity contribution in [3.8, 4) is 5.75 Å². The average Bonchev–Trinajstić information content (AvgIpc) is 2.25. The van der Waals surface area contributed by atoms with Crippen LogP contribution in [-0.2, 0) is 4.74 Å². The molecule has 0 aliphatic rings. The normalized spacial score (nSPS) is 9.87. The maximum absolute atomic E-state index is 11.3. The van der Waals surface area contributed by atoms with Crippen LogP contribution in [0.5, 0.6) is 5.75 Å². The van der Waals surface area contributed by atoms with Crippen LogP contribution in [0.25, 0.3) is 0 Å². The van der Waals surface area contributed by atoms with Crippen LogP contribution >= 0.6 is 27.5 Å². The molecular weight excluding hydrogens is 285 g/mol. The first-order chi connectivity index (χ1) is 7.02. The lowest BCUT2D eigenvalue weighted by Gasteiger charge is -2.11. The van der Waals surface area contributed by atoms with Crippen molar-refractivity contribution in [3.05, 3.63) is 21.1 Å². The minimum Gasteiger partial charge on any atom is -0.495 e. The number of nitrogen functional groups attached to an aromatic ring is 1. The number of carbonyl (C=O) groups is 1. The van der Waals surface area contributed by atoms with Crippen LogP contribution in [0, 0.1) is 0 Å². The predicted molar refractivity (Wildman–Crippen MR) is 61.5 cm³/mol. The number of anilines is 1. The Bertz CT molecular complexity index is 409. The Kier molecular flexibility index (Phi) is 3.82. The monoisotopic (exact) mass is 293 g/mol. The number of esters is 1. The van der Waals surface area contributed by atoms with E-state index in [0.717, 1.165) is 0 Å². The van der Waals surface area contributed by atoms with Crippen LogP contribution in [0.4, 0.5) is 5.69 Å². The Morgan fingerprint density at radius 3 is 2.60 bits per heavy atom. The van der Waals surface area contributed by atoms with E-state index in [1.54, 1.807) is 0 Å². The van der Waals surface area contributed by atoms with E-state index in [1.807, 2.05) is 0 Å². The zero-order chi connectivity index (χ0) is 11.6. The van der Waals surface area contributed by atoms with E-state index < -0.39 is 5.97 Å². The lowest BCUT2D eigenvalue weighted by atomic mass is 10.2. The van der Waals surface area contributed by atoms with Crippen molar-refractivity contribution < 1.29 is 14.3 Å². The second kappa shape index (κ2) is 4.72. The molecule has 0 saturated carbocycles. The summed E-state index contributed by atoms with van der Waals surface area (Å²) in [4.78, 5) is 11.3. The van der Waals surface area contributed by atoms with Crippen LogP contribution in [0.15, 0.2) is 10.5 Å². The summed E-state index contributed by atoms with van der Waals surface area (Å²) in [6.07, 6.45) is 0. The van der Waals surface area contributed by atoms with E-state index in [4.69, 9.17) is 22.1 Å². The van der Waals surface area contributed by atoms with E-state index in [0.29, 0.717) is 15.9 Å². The Labute approximate surface area is 100 Å². The molecular formula is C9H9BrClNO3. The van der Waals surface area contributed by atoms with Crippen LogP contribution in [0.1, 0.15) is 10.4 Å². The fourth-order valence-corrected chi connectivity index (χ4v) is 1.69. The largest absolute Gasteiger partial charge is 0.495 e. The molecule has 1 aromatic carbocycles. The highest BCUT2D eigenvalue weighted by Crippen LogP contribution is 2.38. The maximum Gasteiger partial charge on any atom is 0.339 e. The van der Waals surface area contributed by atoms with Gasteiger partial charge in [-0.1, -0.05) is 11.6 Å². The summed E-state index contributed by atoms with van der Waals surface area (Å²) < 4.78 is 9.99. The quantitative estimate of drug-likeness (QED) is 0.672. The molecule has 0 saturated heterocycles. The molecule has 15 heavy (non-hydrogen) atoms. The number of ether oxygens (including phenoxy) is 2. The number of hydrogen-bond acceptors (Lipinski definition) is 4. The molecule has 0 aliphatic heterocycles. The first-order valence-electron chi connectivity index (χ1n) is 3.92. The van der Waals surface area contributed by atoms with Crippen molar-refractivity contribution in [3.63, 3.8) is 0 Å². The van der Waals surface area contributed by atoms with Gasteiger partial charge < -0.3 is 15.2 Å². The zero-order valence-corrected chi connectivity index (χ0v) is 10.5. The Hall–Kier alpha value is -0.940. The highest BCUT2D eigenvalue weighted by Gasteiger charge is 2.18. The third kappa shape index (κ3) is 2.18. The minimum absolute atomic E-state index is 0.206. The predicted octanol–water partition coefficient (Wildman–Crippen LogP) is 2.48. The summed E-state index contributed by atoms with van der Waals surface area (Å²) in [6, 6.07) is 1.44. The SMILES string of the molecule is COC(=O)c1cc(OC)c(N)c(Br)c1Cl. The molecule has 0 fully saturated rings. The number of carbonyl (C=O) groups excluding carboxylic acids is 1. The zero-order valence-electron chi connectivity index (χ0n) is 8.14. The molecule has 0 bridgehead atoms. The fourth-order valence-electron chi connectivity index (χ4n) is 1.04. The third-order valence-corrected chi connectivity index (χ3v) is 3.28. The molecule has 0 unspecified atom stereocenters. The Balaban J connectivity index is 3.41. The van der Waals surface area contributed by atoms with Gasteiger partial charge in [-0.05, 0) is 22.0 Å². The number of benzene rings is 1. The van der Waals surface area contributed by atoms with Gasteiger partial charge >= 0.3 is 5.97 Å². The van der Waals surface area contributed by atoms with Crippen molar-refractivity contribution in [1.82, 2.24) is 0 Å². The molecule has 1 rings (SSSR count). The topological polar surface area (TPSA) is 61.5 Å². The lowest BCUT2D eigenvalue weighted by Crippen LogP contribution is -2.05. The van der Waals surface area contributed by atoms with Gasteiger partial charge in [0.25, 0.3) is 0 Å². The standard InChI is InChI=1S/C9H9BrClNO3/c1-14-5-3-4(9(13)15-2)7(11)6(10)8(5)12/h3H,12H2,1-2H3.